The van der Waals surface area contributed by atoms with Crippen LogP contribution in [0, 0.1) is 11.3 Å². The summed E-state index contributed by atoms with van der Waals surface area (Å²) in [6, 6.07) is 7.36. The van der Waals surface area contributed by atoms with Crippen LogP contribution in [-0.4, -0.2) is 31.4 Å². The molecule has 0 heterocycles. The molecule has 0 aliphatic rings. The number of carbonyl (C=O) groups excluding carboxylic acids is 1. The molecule has 0 radical (unpaired) electrons. The highest BCUT2D eigenvalue weighted by atomic mass is 79.9. The molecule has 0 saturated carbocycles. The third-order valence-electron chi connectivity index (χ3n) is 5.13. The minimum atomic E-state index is -2.33. The summed E-state index contributed by atoms with van der Waals surface area (Å²) < 4.78 is 6.23. The summed E-state index contributed by atoms with van der Waals surface area (Å²) in [5.41, 5.74) is 1.02. The predicted octanol–water partition coefficient (Wildman–Crippen LogP) is 6.38. The zero-order chi connectivity index (χ0) is 22.6. The average Bonchev–Trinajstić information content (AvgIpc) is 2.55. The topological polar surface area (TPSA) is 73.6 Å². The van der Waals surface area contributed by atoms with E-state index in [4.69, 9.17) is 4.74 Å². The number of benzene rings is 1. The van der Waals surface area contributed by atoms with E-state index in [0.717, 1.165) is 12.0 Å². The Balaban J connectivity index is 3.16. The van der Waals surface area contributed by atoms with Crippen LogP contribution in [0.15, 0.2) is 34.8 Å². The third-order valence-corrected chi connectivity index (χ3v) is 9.33. The molecule has 1 rings (SSSR count). The number of anilines is 1. The van der Waals surface area contributed by atoms with E-state index in [1.807, 2.05) is 13.1 Å². The third kappa shape index (κ3) is 7.29. The summed E-state index contributed by atoms with van der Waals surface area (Å²) in [7, 11) is -2.33. The lowest BCUT2D eigenvalue weighted by Crippen LogP contribution is -2.40. The summed E-state index contributed by atoms with van der Waals surface area (Å²) >= 11 is 3.47. The Labute approximate surface area is 184 Å². The fourth-order valence-electron chi connectivity index (χ4n) is 2.53. The minimum Gasteiger partial charge on any atom is -0.443 e. The first-order valence-corrected chi connectivity index (χ1v) is 13.4. The number of nitrogens with zero attached hydrogens (tertiary/aromatic N) is 2. The maximum atomic E-state index is 13.0. The Bertz CT molecular complexity index is 802. The SMILES string of the molecule is C=C(CCC(C)(C)[Si](C)(C)O)CN(C(=O)OC(C)(C)C)c1c(Br)cccc1C#N. The van der Waals surface area contributed by atoms with E-state index in [2.05, 4.69) is 42.4 Å². The van der Waals surface area contributed by atoms with E-state index < -0.39 is 20.0 Å². The molecule has 160 valence electrons. The van der Waals surface area contributed by atoms with Crippen LogP contribution in [0.4, 0.5) is 10.5 Å². The number of rotatable bonds is 7. The van der Waals surface area contributed by atoms with Crippen molar-refractivity contribution in [2.24, 2.45) is 0 Å². The van der Waals surface area contributed by atoms with Crippen LogP contribution in [0.5, 0.6) is 0 Å². The highest BCUT2D eigenvalue weighted by Crippen LogP contribution is 2.41. The Morgan fingerprint density at radius 1 is 1.31 bits per heavy atom. The van der Waals surface area contributed by atoms with E-state index in [0.29, 0.717) is 22.1 Å². The number of carbonyl (C=O) groups is 1. The molecule has 0 atom stereocenters. The van der Waals surface area contributed by atoms with Crippen LogP contribution in [0.25, 0.3) is 0 Å². The monoisotopic (exact) mass is 480 g/mol. The molecule has 0 aliphatic carbocycles. The van der Waals surface area contributed by atoms with Gasteiger partial charge in [0, 0.05) is 4.47 Å². The second kappa shape index (κ2) is 9.46. The zero-order valence-corrected chi connectivity index (χ0v) is 21.2. The van der Waals surface area contributed by atoms with Crippen LogP contribution >= 0.6 is 15.9 Å². The van der Waals surface area contributed by atoms with E-state index in [9.17, 15) is 14.9 Å². The van der Waals surface area contributed by atoms with Crippen molar-refractivity contribution in [1.29, 1.82) is 5.26 Å². The number of halogens is 1. The lowest BCUT2D eigenvalue weighted by Gasteiger charge is -2.35. The van der Waals surface area contributed by atoms with Crippen LogP contribution in [0.1, 0.15) is 53.0 Å². The molecule has 1 N–H and O–H groups in total. The second-order valence-corrected chi connectivity index (χ2v) is 14.8. The Morgan fingerprint density at radius 2 is 1.90 bits per heavy atom. The van der Waals surface area contributed by atoms with E-state index >= 15 is 0 Å². The van der Waals surface area contributed by atoms with E-state index in [-0.39, 0.29) is 11.6 Å². The van der Waals surface area contributed by atoms with Gasteiger partial charge in [-0.3, -0.25) is 4.90 Å². The van der Waals surface area contributed by atoms with Gasteiger partial charge < -0.3 is 9.53 Å². The summed E-state index contributed by atoms with van der Waals surface area (Å²) in [5, 5.41) is 9.36. The Kier molecular flexibility index (Phi) is 8.29. The van der Waals surface area contributed by atoms with Crippen molar-refractivity contribution in [3.8, 4) is 6.07 Å². The van der Waals surface area contributed by atoms with E-state index in [1.54, 1.807) is 39.0 Å². The fourth-order valence-corrected chi connectivity index (χ4v) is 3.85. The van der Waals surface area contributed by atoms with Gasteiger partial charge in [-0.05, 0) is 79.8 Å². The van der Waals surface area contributed by atoms with Crippen LogP contribution in [-0.2, 0) is 4.74 Å². The second-order valence-electron chi connectivity index (χ2n) is 9.51. The lowest BCUT2D eigenvalue weighted by molar-refractivity contribution is 0.0583. The molecule has 0 unspecified atom stereocenters. The summed E-state index contributed by atoms with van der Waals surface area (Å²) in [4.78, 5) is 25.0. The van der Waals surface area contributed by atoms with Crippen molar-refractivity contribution in [1.82, 2.24) is 0 Å². The molecular weight excluding hydrogens is 448 g/mol. The van der Waals surface area contributed by atoms with E-state index in [1.165, 1.54) is 4.90 Å². The molecule has 29 heavy (non-hydrogen) atoms. The molecule has 7 heteroatoms. The van der Waals surface area contributed by atoms with Gasteiger partial charge in [0.05, 0.1) is 17.8 Å². The molecule has 1 aromatic carbocycles. The van der Waals surface area contributed by atoms with Gasteiger partial charge in [-0.1, -0.05) is 32.1 Å². The van der Waals surface area contributed by atoms with Gasteiger partial charge in [-0.2, -0.15) is 5.26 Å². The van der Waals surface area contributed by atoms with Crippen molar-refractivity contribution in [2.75, 3.05) is 11.4 Å². The first kappa shape index (κ1) is 25.4. The van der Waals surface area contributed by atoms with Gasteiger partial charge in [0.2, 0.25) is 0 Å². The molecule has 5 nitrogen and oxygen atoms in total. The molecule has 0 saturated heterocycles. The number of nitriles is 1. The zero-order valence-electron chi connectivity index (χ0n) is 18.6. The molecule has 0 fully saturated rings. The van der Waals surface area contributed by atoms with Gasteiger partial charge >= 0.3 is 6.09 Å². The van der Waals surface area contributed by atoms with Gasteiger partial charge in [0.25, 0.3) is 0 Å². The molecule has 1 amide bonds. The lowest BCUT2D eigenvalue weighted by atomic mass is 10.0. The van der Waals surface area contributed by atoms with Crippen molar-refractivity contribution in [3.05, 3.63) is 40.4 Å². The number of hydrogen-bond donors (Lipinski definition) is 1. The molecule has 0 aromatic heterocycles. The number of ether oxygens (including phenoxy) is 1. The predicted molar refractivity (Wildman–Crippen MR) is 125 cm³/mol. The quantitative estimate of drug-likeness (QED) is 0.362. The van der Waals surface area contributed by atoms with Gasteiger partial charge in [0.15, 0.2) is 8.32 Å². The van der Waals surface area contributed by atoms with Crippen molar-refractivity contribution in [2.45, 2.75) is 71.2 Å². The highest BCUT2D eigenvalue weighted by Gasteiger charge is 2.37. The standard InChI is InChI=1S/C22H33BrN2O3Si/c1-16(12-13-22(5,6)29(7,8)27)15-25(20(26)28-21(2,3)4)19-17(14-24)10-9-11-18(19)23/h9-11,27H,1,12-13,15H2,2-8H3. The summed E-state index contributed by atoms with van der Waals surface area (Å²) in [6.45, 7) is 17.8. The fraction of sp³-hybridized carbons (Fsp3) is 0.545. The smallest absolute Gasteiger partial charge is 0.415 e. The van der Waals surface area contributed by atoms with Crippen molar-refractivity contribution >= 4 is 36.0 Å². The van der Waals surface area contributed by atoms with Gasteiger partial charge in [0.1, 0.15) is 11.7 Å². The Hall–Kier alpha value is -1.62. The summed E-state index contributed by atoms with van der Waals surface area (Å²) in [6.07, 6.45) is 0.901. The van der Waals surface area contributed by atoms with Crippen molar-refractivity contribution < 1.29 is 14.3 Å². The van der Waals surface area contributed by atoms with Crippen molar-refractivity contribution in [3.63, 3.8) is 0 Å². The van der Waals surface area contributed by atoms with Gasteiger partial charge in [-0.15, -0.1) is 0 Å². The molecule has 0 bridgehead atoms. The normalized spacial score (nSPS) is 12.3. The first-order chi connectivity index (χ1) is 13.1. The highest BCUT2D eigenvalue weighted by molar-refractivity contribution is 9.10. The van der Waals surface area contributed by atoms with Crippen LogP contribution in [0.3, 0.4) is 0 Å². The molecule has 0 spiro atoms. The molecule has 1 aromatic rings. The molecule has 0 aliphatic heterocycles. The van der Waals surface area contributed by atoms with Crippen LogP contribution in [0.2, 0.25) is 18.1 Å². The number of para-hydroxylation sites is 1. The number of amides is 1. The largest absolute Gasteiger partial charge is 0.443 e. The Morgan fingerprint density at radius 3 is 2.38 bits per heavy atom. The summed E-state index contributed by atoms with van der Waals surface area (Å²) in [5.74, 6) is 0. The first-order valence-electron chi connectivity index (χ1n) is 9.67. The van der Waals surface area contributed by atoms with Crippen LogP contribution < -0.4 is 4.90 Å². The van der Waals surface area contributed by atoms with Gasteiger partial charge in [-0.25, -0.2) is 4.79 Å². The maximum Gasteiger partial charge on any atom is 0.415 e. The number of hydrogen-bond acceptors (Lipinski definition) is 4. The molecular formula is C22H33BrN2O3Si. The minimum absolute atomic E-state index is 0.183. The average molecular weight is 482 g/mol. The maximum absolute atomic E-state index is 13.0.